The molecule has 3 N–H and O–H groups in total. The Labute approximate surface area is 164 Å². The highest BCUT2D eigenvalue weighted by atomic mass is 32.2. The van der Waals surface area contributed by atoms with Gasteiger partial charge < -0.3 is 10.6 Å². The minimum Gasteiger partial charge on any atom is -0.355 e. The number of hydrogen-bond acceptors (Lipinski definition) is 4. The molecule has 0 saturated heterocycles. The first-order valence-electron chi connectivity index (χ1n) is 8.66. The predicted molar refractivity (Wildman–Crippen MR) is 108 cm³/mol. The van der Waals surface area contributed by atoms with Crippen molar-refractivity contribution in [2.75, 3.05) is 20.1 Å². The average molecular weight is 401 g/mol. The van der Waals surface area contributed by atoms with Gasteiger partial charge in [-0.05, 0) is 42.8 Å². The second-order valence-electron chi connectivity index (χ2n) is 6.04. The number of aryl methyl sites for hydroxylation is 1. The van der Waals surface area contributed by atoms with Crippen LogP contribution in [0, 0.1) is 6.92 Å². The van der Waals surface area contributed by atoms with E-state index in [9.17, 15) is 18.0 Å². The largest absolute Gasteiger partial charge is 0.355 e. The average Bonchev–Trinajstić information content (AvgIpc) is 2.70. The standard InChI is InChI=1S/C20H23N3O4S/c1-15-3-10-18(11-4-15)28(26,27)23-14-13-22-19(24)12-7-16-5-8-17(9-6-16)20(25)21-2/h3-12,23H,13-14H2,1-2H3,(H,21,25)(H,22,24)/b12-7+. The van der Waals surface area contributed by atoms with Gasteiger partial charge in [-0.3, -0.25) is 9.59 Å². The summed E-state index contributed by atoms with van der Waals surface area (Å²) in [5.74, 6) is -0.522. The van der Waals surface area contributed by atoms with Gasteiger partial charge in [0.05, 0.1) is 4.90 Å². The molecule has 0 radical (unpaired) electrons. The van der Waals surface area contributed by atoms with Crippen LogP contribution in [0.4, 0.5) is 0 Å². The Morgan fingerprint density at radius 2 is 1.61 bits per heavy atom. The van der Waals surface area contributed by atoms with Gasteiger partial charge >= 0.3 is 0 Å². The summed E-state index contributed by atoms with van der Waals surface area (Å²) in [6.07, 6.45) is 2.96. The molecule has 0 aliphatic carbocycles. The number of benzene rings is 2. The predicted octanol–water partition coefficient (Wildman–Crippen LogP) is 1.46. The van der Waals surface area contributed by atoms with Crippen LogP contribution in [0.5, 0.6) is 0 Å². The minimum atomic E-state index is -3.60. The maximum atomic E-state index is 12.1. The number of sulfonamides is 1. The number of rotatable bonds is 8. The van der Waals surface area contributed by atoms with Crippen molar-refractivity contribution in [3.8, 4) is 0 Å². The van der Waals surface area contributed by atoms with Crippen LogP contribution in [0.3, 0.4) is 0 Å². The SMILES string of the molecule is CNC(=O)c1ccc(/C=C/C(=O)NCCNS(=O)(=O)c2ccc(C)cc2)cc1. The van der Waals surface area contributed by atoms with Crippen molar-refractivity contribution < 1.29 is 18.0 Å². The van der Waals surface area contributed by atoms with Gasteiger partial charge in [0.25, 0.3) is 5.91 Å². The quantitative estimate of drug-likeness (QED) is 0.460. The second-order valence-corrected chi connectivity index (χ2v) is 7.80. The van der Waals surface area contributed by atoms with Crippen molar-refractivity contribution in [2.45, 2.75) is 11.8 Å². The maximum Gasteiger partial charge on any atom is 0.251 e. The van der Waals surface area contributed by atoms with Crippen LogP contribution >= 0.6 is 0 Å². The molecule has 0 aliphatic rings. The summed E-state index contributed by atoms with van der Waals surface area (Å²) in [5.41, 5.74) is 2.27. The van der Waals surface area contributed by atoms with E-state index in [1.807, 2.05) is 6.92 Å². The van der Waals surface area contributed by atoms with Crippen LogP contribution in [0.25, 0.3) is 6.08 Å². The minimum absolute atomic E-state index is 0.0800. The molecule has 0 heterocycles. The Hall–Kier alpha value is -2.97. The fraction of sp³-hybridized carbons (Fsp3) is 0.200. The molecule has 0 aromatic heterocycles. The van der Waals surface area contributed by atoms with Crippen LogP contribution in [0.1, 0.15) is 21.5 Å². The lowest BCUT2D eigenvalue weighted by atomic mass is 10.1. The summed E-state index contributed by atoms with van der Waals surface area (Å²) >= 11 is 0. The second kappa shape index (κ2) is 9.82. The van der Waals surface area contributed by atoms with E-state index in [1.54, 1.807) is 49.5 Å². The van der Waals surface area contributed by atoms with Crippen LogP contribution in [-0.2, 0) is 14.8 Å². The van der Waals surface area contributed by atoms with Gasteiger partial charge in [-0.15, -0.1) is 0 Å². The van der Waals surface area contributed by atoms with Gasteiger partial charge in [0.1, 0.15) is 0 Å². The van der Waals surface area contributed by atoms with Gasteiger partial charge in [-0.1, -0.05) is 29.8 Å². The first-order chi connectivity index (χ1) is 13.3. The zero-order chi connectivity index (χ0) is 20.6. The zero-order valence-corrected chi connectivity index (χ0v) is 16.5. The molecule has 0 fully saturated rings. The molecule has 2 aromatic carbocycles. The molecule has 2 aromatic rings. The molecule has 7 nitrogen and oxygen atoms in total. The van der Waals surface area contributed by atoms with Crippen molar-refractivity contribution in [3.05, 3.63) is 71.3 Å². The summed E-state index contributed by atoms with van der Waals surface area (Å²) in [4.78, 5) is 23.5. The molecular weight excluding hydrogens is 378 g/mol. The van der Waals surface area contributed by atoms with E-state index >= 15 is 0 Å². The van der Waals surface area contributed by atoms with Gasteiger partial charge in [-0.25, -0.2) is 13.1 Å². The van der Waals surface area contributed by atoms with Gasteiger partial charge in [0.2, 0.25) is 15.9 Å². The molecular formula is C20H23N3O4S. The highest BCUT2D eigenvalue weighted by Gasteiger charge is 2.12. The van der Waals surface area contributed by atoms with E-state index < -0.39 is 10.0 Å². The molecule has 28 heavy (non-hydrogen) atoms. The van der Waals surface area contributed by atoms with Crippen molar-refractivity contribution in [1.82, 2.24) is 15.4 Å². The molecule has 0 atom stereocenters. The fourth-order valence-electron chi connectivity index (χ4n) is 2.29. The Morgan fingerprint density at radius 3 is 2.21 bits per heavy atom. The smallest absolute Gasteiger partial charge is 0.251 e. The lowest BCUT2D eigenvalue weighted by Gasteiger charge is -2.07. The highest BCUT2D eigenvalue weighted by molar-refractivity contribution is 7.89. The summed E-state index contributed by atoms with van der Waals surface area (Å²) in [6, 6.07) is 13.3. The molecule has 0 unspecified atom stereocenters. The van der Waals surface area contributed by atoms with E-state index in [4.69, 9.17) is 0 Å². The van der Waals surface area contributed by atoms with Crippen LogP contribution < -0.4 is 15.4 Å². The summed E-state index contributed by atoms with van der Waals surface area (Å²) in [5, 5.41) is 5.14. The van der Waals surface area contributed by atoms with Crippen molar-refractivity contribution in [2.24, 2.45) is 0 Å². The van der Waals surface area contributed by atoms with Crippen molar-refractivity contribution in [1.29, 1.82) is 0 Å². The monoisotopic (exact) mass is 401 g/mol. The number of nitrogens with one attached hydrogen (secondary N) is 3. The van der Waals surface area contributed by atoms with Gasteiger partial charge in [0, 0.05) is 31.8 Å². The maximum absolute atomic E-state index is 12.1. The topological polar surface area (TPSA) is 104 Å². The summed E-state index contributed by atoms with van der Waals surface area (Å²) < 4.78 is 26.7. The van der Waals surface area contributed by atoms with Gasteiger partial charge in [0.15, 0.2) is 0 Å². The molecule has 0 spiro atoms. The molecule has 148 valence electrons. The number of carbonyl (C=O) groups is 2. The third-order valence-corrected chi connectivity index (χ3v) is 5.35. The van der Waals surface area contributed by atoms with E-state index in [0.717, 1.165) is 11.1 Å². The van der Waals surface area contributed by atoms with Crippen molar-refractivity contribution in [3.63, 3.8) is 0 Å². The van der Waals surface area contributed by atoms with Crippen LogP contribution in [0.2, 0.25) is 0 Å². The zero-order valence-electron chi connectivity index (χ0n) is 15.7. The van der Waals surface area contributed by atoms with Crippen molar-refractivity contribution >= 4 is 27.9 Å². The Morgan fingerprint density at radius 1 is 0.964 bits per heavy atom. The van der Waals surface area contributed by atoms with E-state index in [2.05, 4.69) is 15.4 Å². The highest BCUT2D eigenvalue weighted by Crippen LogP contribution is 2.09. The first kappa shape index (κ1) is 21.3. The van der Waals surface area contributed by atoms with Crippen LogP contribution in [-0.4, -0.2) is 40.4 Å². The molecule has 0 saturated carbocycles. The Balaban J connectivity index is 1.78. The number of amides is 2. The van der Waals surface area contributed by atoms with E-state index in [1.165, 1.54) is 18.2 Å². The first-order valence-corrected chi connectivity index (χ1v) is 10.1. The third-order valence-electron chi connectivity index (χ3n) is 3.87. The Kier molecular flexibility index (Phi) is 7.48. The molecule has 2 rings (SSSR count). The van der Waals surface area contributed by atoms with Gasteiger partial charge in [-0.2, -0.15) is 0 Å². The lowest BCUT2D eigenvalue weighted by Crippen LogP contribution is -2.34. The van der Waals surface area contributed by atoms with E-state index in [0.29, 0.717) is 5.56 Å². The molecule has 0 aliphatic heterocycles. The third kappa shape index (κ3) is 6.33. The summed E-state index contributed by atoms with van der Waals surface area (Å²) in [6.45, 7) is 2.11. The lowest BCUT2D eigenvalue weighted by molar-refractivity contribution is -0.116. The molecule has 2 amide bonds. The van der Waals surface area contributed by atoms with E-state index in [-0.39, 0.29) is 29.8 Å². The van der Waals surface area contributed by atoms with Crippen LogP contribution in [0.15, 0.2) is 59.5 Å². The molecule has 8 heteroatoms. The number of hydrogen-bond donors (Lipinski definition) is 3. The summed E-state index contributed by atoms with van der Waals surface area (Å²) in [7, 11) is -2.04. The number of carbonyl (C=O) groups excluding carboxylic acids is 2. The fourth-order valence-corrected chi connectivity index (χ4v) is 3.32. The molecule has 0 bridgehead atoms. The Bertz CT molecular complexity index is 950. The normalized spacial score (nSPS) is 11.4.